The highest BCUT2D eigenvalue weighted by molar-refractivity contribution is 6.33. The fraction of sp³-hybridized carbons (Fsp3) is 0.316. The van der Waals surface area contributed by atoms with Crippen molar-refractivity contribution in [2.75, 3.05) is 19.0 Å². The van der Waals surface area contributed by atoms with Gasteiger partial charge in [-0.05, 0) is 30.7 Å². The number of hydrogen-bond acceptors (Lipinski definition) is 3. The molecule has 8 heteroatoms. The summed E-state index contributed by atoms with van der Waals surface area (Å²) in [7, 11) is 1.54. The third-order valence-electron chi connectivity index (χ3n) is 3.81. The molecule has 0 aliphatic rings. The molecular formula is C19H20ClF3N2O2. The van der Waals surface area contributed by atoms with Crippen molar-refractivity contribution in [2.45, 2.75) is 25.2 Å². The van der Waals surface area contributed by atoms with E-state index in [1.54, 1.807) is 30.3 Å². The summed E-state index contributed by atoms with van der Waals surface area (Å²) in [5, 5.41) is 5.63. The Labute approximate surface area is 160 Å². The first-order chi connectivity index (χ1) is 12.7. The first-order valence-corrected chi connectivity index (χ1v) is 8.57. The van der Waals surface area contributed by atoms with Gasteiger partial charge in [0.15, 0.2) is 0 Å². The highest BCUT2D eigenvalue weighted by atomic mass is 35.5. The first-order valence-electron chi connectivity index (χ1n) is 8.20. The summed E-state index contributed by atoms with van der Waals surface area (Å²) in [6.07, 6.45) is -4.53. The molecule has 0 aliphatic carbocycles. The summed E-state index contributed by atoms with van der Waals surface area (Å²) < 4.78 is 43.9. The molecule has 1 amide bonds. The highest BCUT2D eigenvalue weighted by Crippen LogP contribution is 2.34. The monoisotopic (exact) mass is 400 g/mol. The number of hydrogen-bond donors (Lipinski definition) is 2. The summed E-state index contributed by atoms with van der Waals surface area (Å²) in [5.41, 5.74) is -0.321. The minimum atomic E-state index is -4.53. The van der Waals surface area contributed by atoms with Crippen molar-refractivity contribution in [3.8, 4) is 0 Å². The Hall–Kier alpha value is -2.09. The van der Waals surface area contributed by atoms with Crippen molar-refractivity contribution in [3.63, 3.8) is 0 Å². The zero-order valence-corrected chi connectivity index (χ0v) is 15.6. The second kappa shape index (κ2) is 9.21. The van der Waals surface area contributed by atoms with E-state index in [9.17, 15) is 18.0 Å². The molecule has 4 nitrogen and oxygen atoms in total. The van der Waals surface area contributed by atoms with Crippen LogP contribution in [0.15, 0.2) is 48.5 Å². The number of rotatable bonds is 7. The van der Waals surface area contributed by atoms with Gasteiger partial charge in [0.2, 0.25) is 5.91 Å². The summed E-state index contributed by atoms with van der Waals surface area (Å²) in [4.78, 5) is 12.8. The van der Waals surface area contributed by atoms with Crippen LogP contribution in [-0.4, -0.2) is 25.7 Å². The molecule has 2 aromatic rings. The van der Waals surface area contributed by atoms with E-state index in [1.165, 1.54) is 7.11 Å². The summed E-state index contributed by atoms with van der Waals surface area (Å²) in [6.45, 7) is 2.20. The van der Waals surface area contributed by atoms with Crippen LogP contribution in [0.4, 0.5) is 18.9 Å². The second-order valence-electron chi connectivity index (χ2n) is 6.05. The van der Waals surface area contributed by atoms with E-state index in [0.717, 1.165) is 18.2 Å². The van der Waals surface area contributed by atoms with Gasteiger partial charge in [-0.25, -0.2) is 0 Å². The fourth-order valence-corrected chi connectivity index (χ4v) is 2.72. The molecule has 0 spiro atoms. The van der Waals surface area contributed by atoms with Crippen molar-refractivity contribution < 1.29 is 22.7 Å². The highest BCUT2D eigenvalue weighted by Gasteiger charge is 2.31. The van der Waals surface area contributed by atoms with E-state index >= 15 is 0 Å². The average molecular weight is 401 g/mol. The first kappa shape index (κ1) is 21.2. The molecule has 0 fully saturated rings. The molecule has 0 bridgehead atoms. The quantitative estimate of drug-likeness (QED) is 0.710. The lowest BCUT2D eigenvalue weighted by atomic mass is 10.0. The van der Waals surface area contributed by atoms with Crippen molar-refractivity contribution in [1.29, 1.82) is 0 Å². The molecule has 0 heterocycles. The van der Waals surface area contributed by atoms with Gasteiger partial charge in [0, 0.05) is 13.2 Å². The average Bonchev–Trinajstić information content (AvgIpc) is 2.61. The largest absolute Gasteiger partial charge is 0.416 e. The van der Waals surface area contributed by atoms with Crippen molar-refractivity contribution in [2.24, 2.45) is 0 Å². The van der Waals surface area contributed by atoms with Crippen molar-refractivity contribution >= 4 is 23.2 Å². The molecule has 27 heavy (non-hydrogen) atoms. The van der Waals surface area contributed by atoms with Crippen LogP contribution in [0, 0.1) is 0 Å². The molecule has 2 aromatic carbocycles. The zero-order valence-electron chi connectivity index (χ0n) is 14.8. The van der Waals surface area contributed by atoms with Gasteiger partial charge in [-0.2, -0.15) is 13.2 Å². The minimum absolute atomic E-state index is 0.0214. The summed E-state index contributed by atoms with van der Waals surface area (Å²) in [6, 6.07) is 10.7. The molecule has 0 aliphatic heterocycles. The lowest BCUT2D eigenvalue weighted by Crippen LogP contribution is -2.40. The van der Waals surface area contributed by atoms with Gasteiger partial charge in [-0.3, -0.25) is 10.1 Å². The van der Waals surface area contributed by atoms with Crippen LogP contribution in [0.3, 0.4) is 0 Å². The Morgan fingerprint density at radius 3 is 2.44 bits per heavy atom. The smallest absolute Gasteiger partial charge is 0.383 e. The van der Waals surface area contributed by atoms with Crippen LogP contribution in [-0.2, 0) is 15.7 Å². The van der Waals surface area contributed by atoms with E-state index in [1.807, 2.05) is 6.92 Å². The maximum Gasteiger partial charge on any atom is 0.416 e. The predicted octanol–water partition coefficient (Wildman–Crippen LogP) is 4.66. The number of amides is 1. The molecule has 0 aromatic heterocycles. The third-order valence-corrected chi connectivity index (χ3v) is 4.14. The third kappa shape index (κ3) is 5.95. The van der Waals surface area contributed by atoms with E-state index in [-0.39, 0.29) is 16.8 Å². The number of methoxy groups -OCH3 is 1. The number of ether oxygens (including phenoxy) is 1. The Morgan fingerprint density at radius 2 is 1.85 bits per heavy atom. The number of halogens is 4. The summed E-state index contributed by atoms with van der Waals surface area (Å²) in [5.74, 6) is -0.523. The second-order valence-corrected chi connectivity index (χ2v) is 6.46. The molecular weight excluding hydrogens is 381 g/mol. The molecule has 2 unspecified atom stereocenters. The van der Waals surface area contributed by atoms with E-state index in [2.05, 4.69) is 10.6 Å². The van der Waals surface area contributed by atoms with Gasteiger partial charge < -0.3 is 10.1 Å². The predicted molar refractivity (Wildman–Crippen MR) is 98.7 cm³/mol. The lowest BCUT2D eigenvalue weighted by molar-refractivity contribution is -0.137. The number of benzene rings is 2. The van der Waals surface area contributed by atoms with Crippen LogP contribution < -0.4 is 10.6 Å². The number of carbonyl (C=O) groups excluding carboxylic acids is 1. The Balaban J connectivity index is 2.28. The Morgan fingerprint density at radius 1 is 1.19 bits per heavy atom. The lowest BCUT2D eigenvalue weighted by Gasteiger charge is -2.23. The van der Waals surface area contributed by atoms with Gasteiger partial charge >= 0.3 is 6.18 Å². The molecule has 0 saturated heterocycles. The van der Waals surface area contributed by atoms with Crippen molar-refractivity contribution in [3.05, 3.63) is 64.7 Å². The van der Waals surface area contributed by atoms with Gasteiger partial charge in [0.25, 0.3) is 0 Å². The van der Waals surface area contributed by atoms with Crippen LogP contribution in [0.25, 0.3) is 0 Å². The number of carbonyl (C=O) groups is 1. The van der Waals surface area contributed by atoms with Crippen LogP contribution in [0.5, 0.6) is 0 Å². The minimum Gasteiger partial charge on any atom is -0.383 e. The van der Waals surface area contributed by atoms with Crippen LogP contribution >= 0.6 is 11.6 Å². The zero-order chi connectivity index (χ0) is 20.0. The SMILES string of the molecule is COCC(C)NC(C(=O)Nc1cc(C(F)(F)F)ccc1Cl)c1ccccc1. The molecule has 2 N–H and O–H groups in total. The van der Waals surface area contributed by atoms with Gasteiger partial charge in [-0.15, -0.1) is 0 Å². The van der Waals surface area contributed by atoms with Gasteiger partial charge in [0.1, 0.15) is 6.04 Å². The molecule has 2 atom stereocenters. The summed E-state index contributed by atoms with van der Waals surface area (Å²) >= 11 is 5.97. The van der Waals surface area contributed by atoms with E-state index < -0.39 is 23.7 Å². The fourth-order valence-electron chi connectivity index (χ4n) is 2.55. The van der Waals surface area contributed by atoms with Crippen molar-refractivity contribution in [1.82, 2.24) is 5.32 Å². The molecule has 0 radical (unpaired) electrons. The standard InChI is InChI=1S/C19H20ClF3N2O2/c1-12(11-27-2)24-17(13-6-4-3-5-7-13)18(26)25-16-10-14(19(21,22)23)8-9-15(16)20/h3-10,12,17,24H,11H2,1-2H3,(H,25,26). The van der Waals surface area contributed by atoms with E-state index in [0.29, 0.717) is 12.2 Å². The van der Waals surface area contributed by atoms with Gasteiger partial charge in [0.05, 0.1) is 22.9 Å². The maximum atomic E-state index is 12.9. The maximum absolute atomic E-state index is 12.9. The molecule has 0 saturated carbocycles. The number of alkyl halides is 3. The van der Waals surface area contributed by atoms with E-state index in [4.69, 9.17) is 16.3 Å². The Bertz CT molecular complexity index is 769. The van der Waals surface area contributed by atoms with Crippen LogP contribution in [0.1, 0.15) is 24.1 Å². The topological polar surface area (TPSA) is 50.4 Å². The van der Waals surface area contributed by atoms with Crippen LogP contribution in [0.2, 0.25) is 5.02 Å². The normalized spacial score (nSPS) is 13.9. The number of nitrogens with one attached hydrogen (secondary N) is 2. The molecule has 2 rings (SSSR count). The Kier molecular flexibility index (Phi) is 7.24. The number of anilines is 1. The molecule has 146 valence electrons. The van der Waals surface area contributed by atoms with Gasteiger partial charge in [-0.1, -0.05) is 41.9 Å².